The number of hydrogen-bond acceptors (Lipinski definition) is 5. The molecule has 8 heteroatoms. The predicted octanol–water partition coefficient (Wildman–Crippen LogP) is 4.71. The van der Waals surface area contributed by atoms with Crippen LogP contribution in [-0.4, -0.2) is 30.4 Å². The summed E-state index contributed by atoms with van der Waals surface area (Å²) in [5.41, 5.74) is 7.82. The lowest BCUT2D eigenvalue weighted by Crippen LogP contribution is -2.32. The molecule has 0 atom stereocenters. The number of carbonyl (C=O) groups excluding carboxylic acids is 1. The van der Waals surface area contributed by atoms with Gasteiger partial charge in [0.2, 0.25) is 0 Å². The second-order valence-corrected chi connectivity index (χ2v) is 6.94. The van der Waals surface area contributed by atoms with Crippen molar-refractivity contribution in [3.8, 4) is 0 Å². The van der Waals surface area contributed by atoms with Gasteiger partial charge in [-0.2, -0.15) is 0 Å². The molecule has 0 bridgehead atoms. The summed E-state index contributed by atoms with van der Waals surface area (Å²) in [6, 6.07) is 6.47. The van der Waals surface area contributed by atoms with Crippen molar-refractivity contribution in [2.45, 2.75) is 0 Å². The number of aliphatic imine (C=N–C) groups is 1. The number of thioether (sulfide) groups is 1. The zero-order chi connectivity index (χ0) is 22.8. The molecule has 2 rings (SSSR count). The van der Waals surface area contributed by atoms with Crippen LogP contribution in [0.25, 0.3) is 5.70 Å². The largest absolute Gasteiger partial charge is 0.398 e. The Balaban J connectivity index is 2.36. The molecule has 0 spiro atoms. The summed E-state index contributed by atoms with van der Waals surface area (Å²) >= 11 is 1.13. The summed E-state index contributed by atoms with van der Waals surface area (Å²) in [4.78, 5) is 22.4. The van der Waals surface area contributed by atoms with E-state index < -0.39 is 17.5 Å². The fourth-order valence-corrected chi connectivity index (χ4v) is 3.25. The lowest BCUT2D eigenvalue weighted by Gasteiger charge is -2.23. The van der Waals surface area contributed by atoms with Crippen molar-refractivity contribution < 1.29 is 13.6 Å². The molecular weight excluding hydrogens is 418 g/mol. The third-order valence-electron chi connectivity index (χ3n) is 4.05. The highest BCUT2D eigenvalue weighted by Crippen LogP contribution is 2.25. The van der Waals surface area contributed by atoms with Gasteiger partial charge in [0, 0.05) is 30.6 Å². The monoisotopic (exact) mass is 440 g/mol. The first kappa shape index (κ1) is 23.8. The molecule has 0 aliphatic heterocycles. The quantitative estimate of drug-likeness (QED) is 0.265. The Morgan fingerprint density at radius 3 is 2.45 bits per heavy atom. The molecule has 1 aromatic heterocycles. The molecule has 5 nitrogen and oxygen atoms in total. The highest BCUT2D eigenvalue weighted by Gasteiger charge is 2.21. The normalized spacial score (nSPS) is 12.4. The number of amides is 1. The van der Waals surface area contributed by atoms with Crippen molar-refractivity contribution in [2.75, 3.05) is 17.7 Å². The molecule has 2 aromatic rings. The first-order valence-electron chi connectivity index (χ1n) is 9.09. The zero-order valence-corrected chi connectivity index (χ0v) is 17.8. The summed E-state index contributed by atoms with van der Waals surface area (Å²) in [5.74, 6) is -2.07. The van der Waals surface area contributed by atoms with Crippen LogP contribution in [-0.2, 0) is 4.79 Å². The van der Waals surface area contributed by atoms with Crippen molar-refractivity contribution in [3.05, 3.63) is 101 Å². The van der Waals surface area contributed by atoms with Crippen LogP contribution in [0.3, 0.4) is 0 Å². The summed E-state index contributed by atoms with van der Waals surface area (Å²) in [5, 5.41) is 0. The number of hydrogen-bond donors (Lipinski definition) is 1. The summed E-state index contributed by atoms with van der Waals surface area (Å²) in [6.07, 6.45) is 11.3. The maximum Gasteiger partial charge on any atom is 0.267 e. The van der Waals surface area contributed by atoms with Crippen LogP contribution in [0.15, 0.2) is 89.2 Å². The van der Waals surface area contributed by atoms with Crippen molar-refractivity contribution in [1.82, 2.24) is 4.98 Å². The molecule has 31 heavy (non-hydrogen) atoms. The van der Waals surface area contributed by atoms with Crippen LogP contribution in [0.2, 0.25) is 0 Å². The zero-order valence-electron chi connectivity index (χ0n) is 17.0. The van der Waals surface area contributed by atoms with Gasteiger partial charge in [-0.25, -0.2) is 8.78 Å². The third-order valence-corrected chi connectivity index (χ3v) is 4.87. The van der Waals surface area contributed by atoms with Crippen molar-refractivity contribution >= 4 is 35.8 Å². The molecule has 0 aliphatic rings. The Bertz CT molecular complexity index is 1030. The van der Waals surface area contributed by atoms with Crippen LogP contribution in [0.4, 0.5) is 14.5 Å². The number of pyridine rings is 1. The van der Waals surface area contributed by atoms with Gasteiger partial charge in [0.15, 0.2) is 0 Å². The maximum absolute atomic E-state index is 13.7. The molecule has 2 N–H and O–H groups in total. The minimum Gasteiger partial charge on any atom is -0.398 e. The fraction of sp³-hybridized carbons (Fsp3) is 0.0870. The number of carbonyl (C=O) groups is 1. The molecule has 0 unspecified atom stereocenters. The van der Waals surface area contributed by atoms with Crippen LogP contribution in [0.1, 0.15) is 5.56 Å². The van der Waals surface area contributed by atoms with Gasteiger partial charge in [-0.15, -0.1) is 18.3 Å². The van der Waals surface area contributed by atoms with E-state index in [9.17, 15) is 13.6 Å². The number of rotatable bonds is 9. The molecule has 160 valence electrons. The van der Waals surface area contributed by atoms with Gasteiger partial charge in [-0.3, -0.25) is 14.8 Å². The minimum atomic E-state index is -0.787. The Labute approximate surface area is 184 Å². The van der Waals surface area contributed by atoms with Gasteiger partial charge >= 0.3 is 0 Å². The van der Waals surface area contributed by atoms with E-state index in [1.807, 2.05) is 0 Å². The molecule has 1 aromatic carbocycles. The predicted molar refractivity (Wildman–Crippen MR) is 125 cm³/mol. The smallest absolute Gasteiger partial charge is 0.267 e. The summed E-state index contributed by atoms with van der Waals surface area (Å²) < 4.78 is 27.3. The number of nitrogens with two attached hydrogens (primary N) is 1. The summed E-state index contributed by atoms with van der Waals surface area (Å²) in [7, 11) is 0. The lowest BCUT2D eigenvalue weighted by molar-refractivity contribution is -0.114. The molecule has 0 aliphatic carbocycles. The van der Waals surface area contributed by atoms with Gasteiger partial charge in [0.05, 0.1) is 22.0 Å². The number of nitrogens with zero attached hydrogens (tertiary/aromatic N) is 3. The molecule has 0 radical (unpaired) electrons. The Morgan fingerprint density at radius 2 is 1.90 bits per heavy atom. The lowest BCUT2D eigenvalue weighted by atomic mass is 10.2. The number of allylic oxidation sites excluding steroid dienone is 3. The Kier molecular flexibility index (Phi) is 8.90. The Morgan fingerprint density at radius 1 is 1.26 bits per heavy atom. The highest BCUT2D eigenvalue weighted by atomic mass is 32.2. The number of anilines is 1. The third kappa shape index (κ3) is 6.48. The van der Waals surface area contributed by atoms with E-state index in [1.54, 1.807) is 49.0 Å². The molecule has 0 saturated carbocycles. The number of benzene rings is 1. The highest BCUT2D eigenvalue weighted by molar-refractivity contribution is 8.03. The Hall–Kier alpha value is -3.52. The molecule has 0 fully saturated rings. The average Bonchev–Trinajstić information content (AvgIpc) is 2.75. The van der Waals surface area contributed by atoms with Crippen LogP contribution in [0, 0.1) is 11.6 Å². The van der Waals surface area contributed by atoms with E-state index in [0.29, 0.717) is 5.70 Å². The molecular formula is C23H22F2N4OS. The van der Waals surface area contributed by atoms with E-state index in [1.165, 1.54) is 11.0 Å². The molecule has 1 heterocycles. The van der Waals surface area contributed by atoms with E-state index in [2.05, 4.69) is 23.3 Å². The maximum atomic E-state index is 13.7. The van der Waals surface area contributed by atoms with Gasteiger partial charge in [-0.1, -0.05) is 12.2 Å². The van der Waals surface area contributed by atoms with E-state index in [0.717, 1.165) is 35.5 Å². The standard InChI is InChI=1S/C23H22F2N4OS/c1-4-12-29(19-14-17(24)13-18(25)15-19)23(30)22(31-3)20(26)6-5-7-21(27-2)16-8-10-28-11-9-16/h4-11,13-15H,1-2,12,26H2,3H3/b6-5+,21-7-,22-20+. The first-order valence-corrected chi connectivity index (χ1v) is 10.3. The van der Waals surface area contributed by atoms with Crippen molar-refractivity contribution in [2.24, 2.45) is 10.7 Å². The van der Waals surface area contributed by atoms with Crippen LogP contribution in [0.5, 0.6) is 0 Å². The van der Waals surface area contributed by atoms with E-state index in [-0.39, 0.29) is 22.8 Å². The second kappa shape index (κ2) is 11.6. The van der Waals surface area contributed by atoms with Gasteiger partial charge in [0.1, 0.15) is 11.6 Å². The average molecular weight is 441 g/mol. The van der Waals surface area contributed by atoms with Gasteiger partial charge < -0.3 is 10.6 Å². The molecule has 0 saturated heterocycles. The topological polar surface area (TPSA) is 71.6 Å². The molecule has 1 amide bonds. The van der Waals surface area contributed by atoms with Gasteiger partial charge in [0.25, 0.3) is 5.91 Å². The minimum absolute atomic E-state index is 0.0509. The number of halogens is 2. The van der Waals surface area contributed by atoms with Crippen molar-refractivity contribution in [1.29, 1.82) is 0 Å². The van der Waals surface area contributed by atoms with Crippen LogP contribution < -0.4 is 10.6 Å². The van der Waals surface area contributed by atoms with E-state index >= 15 is 0 Å². The SMILES string of the molecule is C=CCN(C(=O)/C(SC)=C(N)/C=C/C=C(\N=C)c1ccncc1)c1cc(F)cc(F)c1. The summed E-state index contributed by atoms with van der Waals surface area (Å²) in [6.45, 7) is 7.22. The second-order valence-electron chi connectivity index (χ2n) is 6.13. The van der Waals surface area contributed by atoms with E-state index in [4.69, 9.17) is 5.73 Å². The first-order chi connectivity index (χ1) is 14.9. The van der Waals surface area contributed by atoms with Crippen molar-refractivity contribution in [3.63, 3.8) is 0 Å². The van der Waals surface area contributed by atoms with Gasteiger partial charge in [-0.05, 0) is 49.4 Å². The van der Waals surface area contributed by atoms with Crippen LogP contribution >= 0.6 is 11.8 Å². The number of aromatic nitrogens is 1. The fourth-order valence-electron chi connectivity index (χ4n) is 2.66.